The van der Waals surface area contributed by atoms with Gasteiger partial charge in [-0.2, -0.15) is 9.78 Å². The van der Waals surface area contributed by atoms with Crippen molar-refractivity contribution in [2.45, 2.75) is 38.8 Å². The second-order valence-corrected chi connectivity index (χ2v) is 10.3. The van der Waals surface area contributed by atoms with E-state index in [1.165, 1.54) is 5.56 Å². The number of rotatable bonds is 7. The summed E-state index contributed by atoms with van der Waals surface area (Å²) in [5, 5.41) is 8.67. The Labute approximate surface area is 217 Å². The number of amides is 1. The van der Waals surface area contributed by atoms with Gasteiger partial charge in [0.2, 0.25) is 0 Å². The lowest BCUT2D eigenvalue weighted by Crippen LogP contribution is -2.43. The minimum absolute atomic E-state index is 0.0950. The number of nitrogens with one attached hydrogen (secondary N) is 1. The molecule has 1 saturated carbocycles. The standard InChI is InChI=1S/C29H33N7O/c1-20-27-24(17-25(23-9-10-23)32-28(27)36(33-20)26-8-3-4-11-30-26)29(37)31-18-21-6-5-7-22(16-21)19-35-14-12-34(2)13-15-35/h3-8,11,16-17,23H,9-10,12-15,18-19H2,1-2H3,(H,31,37). The quantitative estimate of drug-likeness (QED) is 0.421. The molecule has 6 rings (SSSR count). The number of nitrogens with zero attached hydrogens (tertiary/aromatic N) is 6. The molecule has 1 N–H and O–H groups in total. The van der Waals surface area contributed by atoms with Crippen LogP contribution < -0.4 is 5.32 Å². The smallest absolute Gasteiger partial charge is 0.252 e. The summed E-state index contributed by atoms with van der Waals surface area (Å²) in [6.07, 6.45) is 3.96. The summed E-state index contributed by atoms with van der Waals surface area (Å²) < 4.78 is 1.76. The maximum Gasteiger partial charge on any atom is 0.252 e. The largest absolute Gasteiger partial charge is 0.348 e. The van der Waals surface area contributed by atoms with Crippen LogP contribution in [0.2, 0.25) is 0 Å². The Balaban J connectivity index is 1.24. The van der Waals surface area contributed by atoms with Crippen molar-refractivity contribution < 1.29 is 4.79 Å². The summed E-state index contributed by atoms with van der Waals surface area (Å²) in [7, 11) is 2.18. The molecule has 1 aromatic carbocycles. The first-order valence-electron chi connectivity index (χ1n) is 13.1. The van der Waals surface area contributed by atoms with Gasteiger partial charge in [0.25, 0.3) is 5.91 Å². The Bertz CT molecular complexity index is 1420. The Hall–Kier alpha value is -3.62. The van der Waals surface area contributed by atoms with Crippen LogP contribution in [0.4, 0.5) is 0 Å². The van der Waals surface area contributed by atoms with Crippen molar-refractivity contribution in [2.24, 2.45) is 0 Å². The molecule has 3 aromatic heterocycles. The molecule has 4 heterocycles. The molecule has 2 aliphatic rings. The van der Waals surface area contributed by atoms with Gasteiger partial charge in [-0.3, -0.25) is 9.69 Å². The molecule has 0 unspecified atom stereocenters. The van der Waals surface area contributed by atoms with Crippen molar-refractivity contribution in [3.05, 3.63) is 82.8 Å². The Morgan fingerprint density at radius 1 is 1.03 bits per heavy atom. The van der Waals surface area contributed by atoms with Crippen LogP contribution in [0.1, 0.15) is 51.6 Å². The molecule has 1 saturated heterocycles. The summed E-state index contributed by atoms with van der Waals surface area (Å²) in [6.45, 7) is 7.74. The molecule has 4 aromatic rings. The molecule has 0 spiro atoms. The number of carbonyl (C=O) groups is 1. The average Bonchev–Trinajstić information content (AvgIpc) is 3.72. The van der Waals surface area contributed by atoms with E-state index < -0.39 is 0 Å². The lowest BCUT2D eigenvalue weighted by Gasteiger charge is -2.32. The Kier molecular flexibility index (Phi) is 6.44. The maximum atomic E-state index is 13.6. The molecule has 190 valence electrons. The number of fused-ring (bicyclic) bond motifs is 1. The fourth-order valence-corrected chi connectivity index (χ4v) is 5.09. The van der Waals surface area contributed by atoms with E-state index in [9.17, 15) is 4.79 Å². The highest BCUT2D eigenvalue weighted by Gasteiger charge is 2.29. The zero-order chi connectivity index (χ0) is 25.4. The van der Waals surface area contributed by atoms with Crippen molar-refractivity contribution >= 4 is 16.9 Å². The molecule has 37 heavy (non-hydrogen) atoms. The second kappa shape index (κ2) is 10.0. The average molecular weight is 496 g/mol. The minimum Gasteiger partial charge on any atom is -0.348 e. The monoisotopic (exact) mass is 495 g/mol. The molecule has 0 atom stereocenters. The zero-order valence-electron chi connectivity index (χ0n) is 21.5. The second-order valence-electron chi connectivity index (χ2n) is 10.3. The molecule has 1 aliphatic heterocycles. The molecular weight excluding hydrogens is 462 g/mol. The first-order valence-corrected chi connectivity index (χ1v) is 13.1. The van der Waals surface area contributed by atoms with Crippen LogP contribution in [-0.2, 0) is 13.1 Å². The van der Waals surface area contributed by atoms with E-state index in [1.807, 2.05) is 31.2 Å². The van der Waals surface area contributed by atoms with E-state index in [-0.39, 0.29) is 5.91 Å². The van der Waals surface area contributed by atoms with E-state index in [1.54, 1.807) is 10.9 Å². The fraction of sp³-hybridized carbons (Fsp3) is 0.379. The Morgan fingerprint density at radius 3 is 2.59 bits per heavy atom. The van der Waals surface area contributed by atoms with Gasteiger partial charge in [-0.25, -0.2) is 9.97 Å². The molecule has 1 amide bonds. The van der Waals surface area contributed by atoms with Crippen LogP contribution in [0.15, 0.2) is 54.7 Å². The van der Waals surface area contributed by atoms with Crippen LogP contribution in [0.3, 0.4) is 0 Å². The number of aromatic nitrogens is 4. The third kappa shape index (κ3) is 5.12. The number of benzene rings is 1. The van der Waals surface area contributed by atoms with E-state index in [2.05, 4.69) is 51.4 Å². The lowest BCUT2D eigenvalue weighted by atomic mass is 10.1. The van der Waals surface area contributed by atoms with Gasteiger partial charge < -0.3 is 10.2 Å². The number of piperazine rings is 1. The molecule has 8 nitrogen and oxygen atoms in total. The summed E-state index contributed by atoms with van der Waals surface area (Å²) >= 11 is 0. The zero-order valence-corrected chi connectivity index (χ0v) is 21.5. The number of hydrogen-bond donors (Lipinski definition) is 1. The number of likely N-dealkylation sites (N-methyl/N-ethyl adjacent to an activating group) is 1. The Morgan fingerprint density at radius 2 is 1.84 bits per heavy atom. The van der Waals surface area contributed by atoms with Gasteiger partial charge in [0.15, 0.2) is 11.5 Å². The topological polar surface area (TPSA) is 79.2 Å². The highest BCUT2D eigenvalue weighted by Crippen LogP contribution is 2.40. The van der Waals surface area contributed by atoms with Crippen LogP contribution in [0.25, 0.3) is 16.9 Å². The van der Waals surface area contributed by atoms with Crippen molar-refractivity contribution in [2.75, 3.05) is 33.2 Å². The first-order chi connectivity index (χ1) is 18.0. The molecule has 2 fully saturated rings. The van der Waals surface area contributed by atoms with E-state index in [0.29, 0.717) is 29.5 Å². The summed E-state index contributed by atoms with van der Waals surface area (Å²) in [4.78, 5) is 27.8. The predicted octanol–water partition coefficient (Wildman–Crippen LogP) is 3.68. The minimum atomic E-state index is -0.0950. The maximum absolute atomic E-state index is 13.6. The van der Waals surface area contributed by atoms with Gasteiger partial charge in [-0.1, -0.05) is 30.3 Å². The molecule has 0 bridgehead atoms. The van der Waals surface area contributed by atoms with Crippen molar-refractivity contribution in [1.29, 1.82) is 0 Å². The van der Waals surface area contributed by atoms with E-state index in [0.717, 1.165) is 67.9 Å². The normalized spacial score (nSPS) is 16.8. The van der Waals surface area contributed by atoms with Gasteiger partial charge in [-0.05, 0) is 56.1 Å². The van der Waals surface area contributed by atoms with Gasteiger partial charge >= 0.3 is 0 Å². The lowest BCUT2D eigenvalue weighted by molar-refractivity contribution is 0.0952. The third-order valence-electron chi connectivity index (χ3n) is 7.39. The van der Waals surface area contributed by atoms with Crippen LogP contribution in [0.5, 0.6) is 0 Å². The molecule has 0 radical (unpaired) electrons. The first kappa shape index (κ1) is 23.8. The van der Waals surface area contributed by atoms with E-state index in [4.69, 9.17) is 10.1 Å². The number of pyridine rings is 2. The van der Waals surface area contributed by atoms with Crippen molar-refractivity contribution in [3.63, 3.8) is 0 Å². The van der Waals surface area contributed by atoms with Crippen LogP contribution >= 0.6 is 0 Å². The van der Waals surface area contributed by atoms with Gasteiger partial charge in [0, 0.05) is 57.1 Å². The third-order valence-corrected chi connectivity index (χ3v) is 7.39. The highest BCUT2D eigenvalue weighted by atomic mass is 16.1. The fourth-order valence-electron chi connectivity index (χ4n) is 5.09. The van der Waals surface area contributed by atoms with Crippen LogP contribution in [0, 0.1) is 6.92 Å². The molecular formula is C29H33N7O. The van der Waals surface area contributed by atoms with Crippen molar-refractivity contribution in [1.82, 2.24) is 34.9 Å². The number of hydrogen-bond acceptors (Lipinski definition) is 6. The van der Waals surface area contributed by atoms with Gasteiger partial charge in [-0.15, -0.1) is 0 Å². The van der Waals surface area contributed by atoms with Gasteiger partial charge in [0.05, 0.1) is 16.6 Å². The highest BCUT2D eigenvalue weighted by molar-refractivity contribution is 6.06. The van der Waals surface area contributed by atoms with E-state index >= 15 is 0 Å². The predicted molar refractivity (Wildman–Crippen MR) is 144 cm³/mol. The summed E-state index contributed by atoms with van der Waals surface area (Å²) in [5.74, 6) is 1.02. The number of aryl methyl sites for hydroxylation is 1. The summed E-state index contributed by atoms with van der Waals surface area (Å²) in [6, 6.07) is 16.2. The van der Waals surface area contributed by atoms with Crippen LogP contribution in [-0.4, -0.2) is 68.7 Å². The number of carbonyl (C=O) groups excluding carboxylic acids is 1. The van der Waals surface area contributed by atoms with Crippen molar-refractivity contribution in [3.8, 4) is 5.82 Å². The summed E-state index contributed by atoms with van der Waals surface area (Å²) in [5.41, 5.74) is 5.46. The molecule has 8 heteroatoms. The molecule has 1 aliphatic carbocycles. The van der Waals surface area contributed by atoms with Gasteiger partial charge in [0.1, 0.15) is 0 Å². The SMILES string of the molecule is Cc1nn(-c2ccccn2)c2nc(C3CC3)cc(C(=O)NCc3cccc(CN4CCN(C)CC4)c3)c12.